The highest BCUT2D eigenvalue weighted by atomic mass is 79.9. The number of carbonyl (C=O) groups is 1. The van der Waals surface area contributed by atoms with Gasteiger partial charge in [-0.25, -0.2) is 0 Å². The molecular formula is C18H35BrO2. The van der Waals surface area contributed by atoms with E-state index in [0.717, 1.165) is 31.0 Å². The summed E-state index contributed by atoms with van der Waals surface area (Å²) in [5.41, 5.74) is 0. The van der Waals surface area contributed by atoms with Gasteiger partial charge >= 0.3 is 5.97 Å². The molecule has 0 aliphatic heterocycles. The summed E-state index contributed by atoms with van der Waals surface area (Å²) in [6.07, 6.45) is 15.0. The molecule has 0 N–H and O–H groups in total. The Labute approximate surface area is 140 Å². The van der Waals surface area contributed by atoms with E-state index in [0.29, 0.717) is 6.42 Å². The fraction of sp³-hybridized carbons (Fsp3) is 0.944. The molecular weight excluding hydrogens is 328 g/mol. The van der Waals surface area contributed by atoms with Crippen molar-refractivity contribution >= 4 is 21.9 Å². The van der Waals surface area contributed by atoms with E-state index in [1.54, 1.807) is 0 Å². The molecule has 0 amide bonds. The van der Waals surface area contributed by atoms with E-state index < -0.39 is 0 Å². The lowest BCUT2D eigenvalue weighted by molar-refractivity contribution is -0.149. The van der Waals surface area contributed by atoms with Crippen molar-refractivity contribution in [3.63, 3.8) is 0 Å². The topological polar surface area (TPSA) is 26.3 Å². The smallest absolute Gasteiger partial charge is 0.306 e. The van der Waals surface area contributed by atoms with Gasteiger partial charge in [0, 0.05) is 11.8 Å². The molecule has 126 valence electrons. The Morgan fingerprint density at radius 3 is 2.14 bits per heavy atom. The Balaban J connectivity index is 3.51. The summed E-state index contributed by atoms with van der Waals surface area (Å²) in [7, 11) is 0. The van der Waals surface area contributed by atoms with E-state index in [1.165, 1.54) is 51.4 Å². The van der Waals surface area contributed by atoms with Gasteiger partial charge in [0.1, 0.15) is 6.10 Å². The fourth-order valence-electron chi connectivity index (χ4n) is 2.46. The average Bonchev–Trinajstić information content (AvgIpc) is 2.49. The number of rotatable bonds is 15. The SMILES string of the molecule is CCCCCCC(CC)OC(=O)CCCCCCCCBr. The minimum absolute atomic E-state index is 0.0119. The lowest BCUT2D eigenvalue weighted by Crippen LogP contribution is -2.17. The average molecular weight is 363 g/mol. The molecule has 3 heteroatoms. The third-order valence-electron chi connectivity index (χ3n) is 3.90. The minimum Gasteiger partial charge on any atom is -0.462 e. The van der Waals surface area contributed by atoms with Crippen LogP contribution < -0.4 is 0 Å². The fourth-order valence-corrected chi connectivity index (χ4v) is 2.86. The van der Waals surface area contributed by atoms with E-state index in [1.807, 2.05) is 0 Å². The summed E-state index contributed by atoms with van der Waals surface area (Å²) in [4.78, 5) is 11.8. The lowest BCUT2D eigenvalue weighted by Gasteiger charge is -2.16. The number of halogens is 1. The van der Waals surface area contributed by atoms with Crippen LogP contribution in [0.5, 0.6) is 0 Å². The first-order valence-corrected chi connectivity index (χ1v) is 10.1. The first kappa shape index (κ1) is 20.9. The van der Waals surface area contributed by atoms with E-state index in [2.05, 4.69) is 29.8 Å². The van der Waals surface area contributed by atoms with Crippen LogP contribution in [0.15, 0.2) is 0 Å². The van der Waals surface area contributed by atoms with Gasteiger partial charge in [0.2, 0.25) is 0 Å². The van der Waals surface area contributed by atoms with Gasteiger partial charge < -0.3 is 4.74 Å². The van der Waals surface area contributed by atoms with Gasteiger partial charge in [-0.3, -0.25) is 4.79 Å². The molecule has 0 aromatic rings. The summed E-state index contributed by atoms with van der Waals surface area (Å²) in [5.74, 6) is 0.0119. The second-order valence-electron chi connectivity index (χ2n) is 5.93. The third kappa shape index (κ3) is 14.6. The molecule has 21 heavy (non-hydrogen) atoms. The molecule has 2 nitrogen and oxygen atoms in total. The maximum absolute atomic E-state index is 11.8. The van der Waals surface area contributed by atoms with Crippen LogP contribution in [0.25, 0.3) is 0 Å². The molecule has 0 aromatic heterocycles. The monoisotopic (exact) mass is 362 g/mol. The summed E-state index contributed by atoms with van der Waals surface area (Å²) in [6, 6.07) is 0. The van der Waals surface area contributed by atoms with Crippen LogP contribution in [0.3, 0.4) is 0 Å². The molecule has 0 bridgehead atoms. The van der Waals surface area contributed by atoms with Crippen molar-refractivity contribution in [1.82, 2.24) is 0 Å². The van der Waals surface area contributed by atoms with Gasteiger partial charge in [-0.05, 0) is 32.1 Å². The number of unbranched alkanes of at least 4 members (excludes halogenated alkanes) is 8. The number of hydrogen-bond donors (Lipinski definition) is 0. The van der Waals surface area contributed by atoms with Gasteiger partial charge in [0.25, 0.3) is 0 Å². The number of alkyl halides is 1. The van der Waals surface area contributed by atoms with Crippen molar-refractivity contribution in [2.45, 2.75) is 103 Å². The predicted octanol–water partition coefficient (Wildman–Crippen LogP) is 6.40. The van der Waals surface area contributed by atoms with Gasteiger partial charge in [0.05, 0.1) is 0 Å². The molecule has 1 unspecified atom stereocenters. The first-order valence-electron chi connectivity index (χ1n) is 9.00. The van der Waals surface area contributed by atoms with Gasteiger partial charge in [-0.15, -0.1) is 0 Å². The number of carbonyl (C=O) groups excluding carboxylic acids is 1. The zero-order valence-electron chi connectivity index (χ0n) is 14.2. The van der Waals surface area contributed by atoms with Crippen LogP contribution in [0.2, 0.25) is 0 Å². The molecule has 0 aliphatic carbocycles. The lowest BCUT2D eigenvalue weighted by atomic mass is 10.1. The van der Waals surface area contributed by atoms with Crippen molar-refractivity contribution in [3.05, 3.63) is 0 Å². The standard InChI is InChI=1S/C18H35BrO2/c1-3-5-6-11-14-17(4-2)21-18(20)15-12-9-7-8-10-13-16-19/h17H,3-16H2,1-2H3. The largest absolute Gasteiger partial charge is 0.462 e. The van der Waals surface area contributed by atoms with Crippen LogP contribution in [-0.2, 0) is 9.53 Å². The van der Waals surface area contributed by atoms with Crippen LogP contribution in [-0.4, -0.2) is 17.4 Å². The van der Waals surface area contributed by atoms with E-state index in [-0.39, 0.29) is 12.1 Å². The van der Waals surface area contributed by atoms with Crippen LogP contribution in [0, 0.1) is 0 Å². The number of hydrogen-bond acceptors (Lipinski definition) is 2. The summed E-state index contributed by atoms with van der Waals surface area (Å²) in [6.45, 7) is 4.33. The Morgan fingerprint density at radius 1 is 0.905 bits per heavy atom. The molecule has 0 aromatic carbocycles. The van der Waals surface area contributed by atoms with Gasteiger partial charge in [0.15, 0.2) is 0 Å². The van der Waals surface area contributed by atoms with Crippen molar-refractivity contribution in [3.8, 4) is 0 Å². The van der Waals surface area contributed by atoms with Crippen LogP contribution in [0.4, 0.5) is 0 Å². The minimum atomic E-state index is 0.0119. The molecule has 0 radical (unpaired) electrons. The summed E-state index contributed by atoms with van der Waals surface area (Å²) in [5, 5.41) is 1.11. The number of ether oxygens (including phenoxy) is 1. The molecule has 0 fully saturated rings. The molecule has 0 spiro atoms. The Kier molecular flexibility index (Phi) is 16.3. The molecule has 0 saturated heterocycles. The predicted molar refractivity (Wildman–Crippen MR) is 95.0 cm³/mol. The Hall–Kier alpha value is -0.0500. The zero-order valence-corrected chi connectivity index (χ0v) is 15.8. The molecule has 1 atom stereocenters. The van der Waals surface area contributed by atoms with E-state index in [9.17, 15) is 4.79 Å². The third-order valence-corrected chi connectivity index (χ3v) is 4.46. The van der Waals surface area contributed by atoms with E-state index >= 15 is 0 Å². The molecule has 0 saturated carbocycles. The highest BCUT2D eigenvalue weighted by Crippen LogP contribution is 2.13. The highest BCUT2D eigenvalue weighted by molar-refractivity contribution is 9.09. The van der Waals surface area contributed by atoms with Crippen LogP contribution in [0.1, 0.15) is 97.3 Å². The Morgan fingerprint density at radius 2 is 1.52 bits per heavy atom. The normalized spacial score (nSPS) is 12.3. The second-order valence-corrected chi connectivity index (χ2v) is 6.72. The Bertz CT molecular complexity index is 231. The van der Waals surface area contributed by atoms with E-state index in [4.69, 9.17) is 4.74 Å². The first-order chi connectivity index (χ1) is 10.2. The van der Waals surface area contributed by atoms with Gasteiger partial charge in [-0.2, -0.15) is 0 Å². The molecule has 0 aliphatic rings. The van der Waals surface area contributed by atoms with Crippen LogP contribution >= 0.6 is 15.9 Å². The quantitative estimate of drug-likeness (QED) is 0.191. The summed E-state index contributed by atoms with van der Waals surface area (Å²) < 4.78 is 5.58. The molecule has 0 heterocycles. The van der Waals surface area contributed by atoms with Gasteiger partial charge in [-0.1, -0.05) is 74.7 Å². The zero-order chi connectivity index (χ0) is 15.8. The van der Waals surface area contributed by atoms with Crippen molar-refractivity contribution in [2.24, 2.45) is 0 Å². The van der Waals surface area contributed by atoms with Crippen molar-refractivity contribution in [2.75, 3.05) is 5.33 Å². The highest BCUT2D eigenvalue weighted by Gasteiger charge is 2.11. The van der Waals surface area contributed by atoms with Crippen molar-refractivity contribution in [1.29, 1.82) is 0 Å². The number of esters is 1. The molecule has 0 rings (SSSR count). The van der Waals surface area contributed by atoms with Crippen molar-refractivity contribution < 1.29 is 9.53 Å². The maximum Gasteiger partial charge on any atom is 0.306 e. The summed E-state index contributed by atoms with van der Waals surface area (Å²) >= 11 is 3.45. The maximum atomic E-state index is 11.8. The second kappa shape index (κ2) is 16.3.